The number of aromatic nitrogens is 1. The van der Waals surface area contributed by atoms with Crippen LogP contribution in [0.2, 0.25) is 0 Å². The second kappa shape index (κ2) is 4.77. The van der Waals surface area contributed by atoms with Crippen molar-refractivity contribution in [3.05, 3.63) is 36.0 Å². The quantitative estimate of drug-likeness (QED) is 0.863. The van der Waals surface area contributed by atoms with Crippen LogP contribution in [0.25, 0.3) is 10.9 Å². The van der Waals surface area contributed by atoms with E-state index in [1.807, 2.05) is 30.3 Å². The van der Waals surface area contributed by atoms with Crippen LogP contribution in [0.5, 0.6) is 0 Å². The molecule has 2 aromatic rings. The van der Waals surface area contributed by atoms with E-state index in [-0.39, 0.29) is 17.9 Å². The van der Waals surface area contributed by atoms with Crippen LogP contribution < -0.4 is 5.32 Å². The zero-order valence-corrected chi connectivity index (χ0v) is 10.5. The largest absolute Gasteiger partial charge is 0.351 e. The van der Waals surface area contributed by atoms with Gasteiger partial charge in [0.25, 0.3) is 5.91 Å². The molecule has 0 spiro atoms. The van der Waals surface area contributed by atoms with Crippen LogP contribution in [0, 0.1) is 17.2 Å². The van der Waals surface area contributed by atoms with Gasteiger partial charge in [-0.3, -0.25) is 4.79 Å². The summed E-state index contributed by atoms with van der Waals surface area (Å²) in [5, 5.41) is 13.0. The fraction of sp³-hybridized carbons (Fsp3) is 0.333. The molecular formula is C15H15N3O. The molecule has 3 rings (SSSR count). The van der Waals surface area contributed by atoms with E-state index in [0.29, 0.717) is 5.69 Å². The third kappa shape index (κ3) is 2.19. The Bertz CT molecular complexity index is 620. The number of hydrogen-bond donors (Lipinski definition) is 2. The van der Waals surface area contributed by atoms with Crippen molar-refractivity contribution in [3.63, 3.8) is 0 Å². The molecule has 1 aromatic heterocycles. The van der Waals surface area contributed by atoms with E-state index in [4.69, 9.17) is 5.26 Å². The fourth-order valence-corrected chi connectivity index (χ4v) is 2.73. The number of nitrogens with one attached hydrogen (secondary N) is 2. The van der Waals surface area contributed by atoms with Crippen molar-refractivity contribution in [1.29, 1.82) is 5.26 Å². The summed E-state index contributed by atoms with van der Waals surface area (Å²) in [6.07, 6.45) is 2.79. The topological polar surface area (TPSA) is 68.7 Å². The number of carbonyl (C=O) groups excluding carboxylic acids is 1. The van der Waals surface area contributed by atoms with E-state index < -0.39 is 0 Å². The molecule has 0 radical (unpaired) electrons. The van der Waals surface area contributed by atoms with Crippen molar-refractivity contribution in [2.75, 3.05) is 0 Å². The first kappa shape index (κ1) is 11.8. The monoisotopic (exact) mass is 253 g/mol. The molecule has 1 fully saturated rings. The molecule has 2 N–H and O–H groups in total. The highest BCUT2D eigenvalue weighted by Gasteiger charge is 2.28. The highest BCUT2D eigenvalue weighted by atomic mass is 16.1. The van der Waals surface area contributed by atoms with Gasteiger partial charge in [0.05, 0.1) is 12.0 Å². The summed E-state index contributed by atoms with van der Waals surface area (Å²) in [4.78, 5) is 15.3. The van der Waals surface area contributed by atoms with Crippen LogP contribution in [0.3, 0.4) is 0 Å². The number of hydrogen-bond acceptors (Lipinski definition) is 2. The molecule has 1 aliphatic carbocycles. The van der Waals surface area contributed by atoms with Crippen LogP contribution in [0.1, 0.15) is 29.8 Å². The van der Waals surface area contributed by atoms with Crippen molar-refractivity contribution in [3.8, 4) is 6.07 Å². The smallest absolute Gasteiger partial charge is 0.267 e. The molecule has 1 heterocycles. The van der Waals surface area contributed by atoms with Crippen LogP contribution >= 0.6 is 0 Å². The molecule has 4 nitrogen and oxygen atoms in total. The van der Waals surface area contributed by atoms with Gasteiger partial charge in [0, 0.05) is 16.9 Å². The van der Waals surface area contributed by atoms with Crippen molar-refractivity contribution in [2.24, 2.45) is 5.92 Å². The van der Waals surface area contributed by atoms with Gasteiger partial charge in [0.1, 0.15) is 5.69 Å². The molecule has 2 atom stereocenters. The molecule has 96 valence electrons. The maximum absolute atomic E-state index is 12.2. The zero-order chi connectivity index (χ0) is 13.2. The van der Waals surface area contributed by atoms with E-state index in [9.17, 15) is 4.79 Å². The highest BCUT2D eigenvalue weighted by molar-refractivity contribution is 5.98. The molecular weight excluding hydrogens is 238 g/mol. The van der Waals surface area contributed by atoms with E-state index >= 15 is 0 Å². The maximum Gasteiger partial charge on any atom is 0.267 e. The lowest BCUT2D eigenvalue weighted by atomic mass is 10.1. The Balaban J connectivity index is 1.78. The van der Waals surface area contributed by atoms with Gasteiger partial charge in [-0.2, -0.15) is 5.26 Å². The summed E-state index contributed by atoms with van der Waals surface area (Å²) in [6.45, 7) is 0. The van der Waals surface area contributed by atoms with Crippen molar-refractivity contribution < 1.29 is 4.79 Å². The number of para-hydroxylation sites is 1. The summed E-state index contributed by atoms with van der Waals surface area (Å²) in [7, 11) is 0. The molecule has 0 bridgehead atoms. The van der Waals surface area contributed by atoms with Crippen LogP contribution in [-0.2, 0) is 0 Å². The number of benzene rings is 1. The second-order valence-corrected chi connectivity index (χ2v) is 5.02. The van der Waals surface area contributed by atoms with Crippen LogP contribution in [0.15, 0.2) is 30.3 Å². The van der Waals surface area contributed by atoms with Crippen molar-refractivity contribution >= 4 is 16.8 Å². The fourth-order valence-electron chi connectivity index (χ4n) is 2.73. The number of aromatic amines is 1. The van der Waals surface area contributed by atoms with E-state index in [1.54, 1.807) is 0 Å². The van der Waals surface area contributed by atoms with Crippen LogP contribution in [0.4, 0.5) is 0 Å². The summed E-state index contributed by atoms with van der Waals surface area (Å²) in [5.74, 6) is -0.170. The third-order valence-electron chi connectivity index (χ3n) is 3.77. The highest BCUT2D eigenvalue weighted by Crippen LogP contribution is 2.25. The van der Waals surface area contributed by atoms with Gasteiger partial charge >= 0.3 is 0 Å². The lowest BCUT2D eigenvalue weighted by Gasteiger charge is -2.14. The Morgan fingerprint density at radius 3 is 3.00 bits per heavy atom. The van der Waals surface area contributed by atoms with Gasteiger partial charge in [-0.05, 0) is 31.4 Å². The van der Waals surface area contributed by atoms with E-state index in [0.717, 1.165) is 30.2 Å². The molecule has 4 heteroatoms. The number of H-pyrrole nitrogens is 1. The maximum atomic E-state index is 12.2. The molecule has 0 saturated heterocycles. The van der Waals surface area contributed by atoms with Gasteiger partial charge in [0.15, 0.2) is 0 Å². The number of nitriles is 1. The summed E-state index contributed by atoms with van der Waals surface area (Å²) in [6, 6.07) is 11.9. The normalized spacial score (nSPS) is 22.3. The lowest BCUT2D eigenvalue weighted by Crippen LogP contribution is -2.37. The Kier molecular flexibility index (Phi) is 2.96. The zero-order valence-electron chi connectivity index (χ0n) is 10.5. The molecule has 0 aliphatic heterocycles. The summed E-state index contributed by atoms with van der Waals surface area (Å²) >= 11 is 0. The first-order chi connectivity index (χ1) is 9.28. The predicted molar refractivity (Wildman–Crippen MR) is 72.5 cm³/mol. The first-order valence-electron chi connectivity index (χ1n) is 6.56. The Hall–Kier alpha value is -2.28. The van der Waals surface area contributed by atoms with E-state index in [2.05, 4.69) is 16.4 Å². The minimum atomic E-state index is -0.122. The summed E-state index contributed by atoms with van der Waals surface area (Å²) < 4.78 is 0. The number of carbonyl (C=O) groups is 1. The number of nitrogens with zero attached hydrogens (tertiary/aromatic N) is 1. The molecule has 1 aliphatic rings. The molecule has 19 heavy (non-hydrogen) atoms. The van der Waals surface area contributed by atoms with Crippen LogP contribution in [-0.4, -0.2) is 16.9 Å². The Labute approximate surface area is 111 Å². The van der Waals surface area contributed by atoms with Crippen molar-refractivity contribution in [2.45, 2.75) is 25.3 Å². The standard InChI is InChI=1S/C15H15N3O/c16-9-11-5-3-7-13(11)18-15(19)14-8-10-4-1-2-6-12(10)17-14/h1-2,4,6,8,11,13,17H,3,5,7H2,(H,18,19). The Morgan fingerprint density at radius 1 is 1.37 bits per heavy atom. The number of fused-ring (bicyclic) bond motifs is 1. The molecule has 1 aromatic carbocycles. The molecule has 2 unspecified atom stereocenters. The third-order valence-corrected chi connectivity index (χ3v) is 3.77. The predicted octanol–water partition coefficient (Wildman–Crippen LogP) is 2.59. The number of amides is 1. The Morgan fingerprint density at radius 2 is 2.21 bits per heavy atom. The lowest BCUT2D eigenvalue weighted by molar-refractivity contribution is 0.0928. The minimum Gasteiger partial charge on any atom is -0.351 e. The van der Waals surface area contributed by atoms with Gasteiger partial charge < -0.3 is 10.3 Å². The van der Waals surface area contributed by atoms with E-state index in [1.165, 1.54) is 0 Å². The first-order valence-corrected chi connectivity index (χ1v) is 6.56. The second-order valence-electron chi connectivity index (χ2n) is 5.02. The van der Waals surface area contributed by atoms with Crippen molar-refractivity contribution in [1.82, 2.24) is 10.3 Å². The van der Waals surface area contributed by atoms with Gasteiger partial charge in [0.2, 0.25) is 0 Å². The van der Waals surface area contributed by atoms with Gasteiger partial charge in [-0.25, -0.2) is 0 Å². The minimum absolute atomic E-state index is 0.0103. The average molecular weight is 253 g/mol. The SMILES string of the molecule is N#CC1CCCC1NC(=O)c1cc2ccccc2[nH]1. The average Bonchev–Trinajstić information content (AvgIpc) is 3.03. The summed E-state index contributed by atoms with van der Waals surface area (Å²) in [5.41, 5.74) is 1.51. The van der Waals surface area contributed by atoms with Gasteiger partial charge in [-0.15, -0.1) is 0 Å². The van der Waals surface area contributed by atoms with Gasteiger partial charge in [-0.1, -0.05) is 18.2 Å². The molecule has 1 saturated carbocycles. The number of rotatable bonds is 2. The molecule has 1 amide bonds.